The SMILES string of the molecule is c1ccc(-c2nnn(-c3ccccc3)p2)cc1. The lowest BCUT2D eigenvalue weighted by Gasteiger charge is -1.96. The molecule has 0 saturated carbocycles. The molecule has 0 bridgehead atoms. The normalized spacial score (nSPS) is 10.8. The van der Waals surface area contributed by atoms with E-state index < -0.39 is 0 Å². The smallest absolute Gasteiger partial charge is 0.141 e. The molecule has 17 heavy (non-hydrogen) atoms. The van der Waals surface area contributed by atoms with Crippen molar-refractivity contribution < 1.29 is 0 Å². The summed E-state index contributed by atoms with van der Waals surface area (Å²) in [6.45, 7) is 0. The maximum absolute atomic E-state index is 4.22. The molecule has 3 rings (SSSR count). The molecule has 0 spiro atoms. The monoisotopic (exact) mass is 239 g/mol. The van der Waals surface area contributed by atoms with E-state index >= 15 is 0 Å². The molecule has 82 valence electrons. The van der Waals surface area contributed by atoms with Crippen LogP contribution >= 0.6 is 8.35 Å². The van der Waals surface area contributed by atoms with Crippen LogP contribution in [0, 0.1) is 0 Å². The largest absolute Gasteiger partial charge is 0.195 e. The highest BCUT2D eigenvalue weighted by molar-refractivity contribution is 7.29. The van der Waals surface area contributed by atoms with E-state index in [-0.39, 0.29) is 0 Å². The number of hydrogen-bond donors (Lipinski definition) is 0. The molecule has 4 heteroatoms. The maximum Gasteiger partial charge on any atom is 0.141 e. The van der Waals surface area contributed by atoms with Crippen molar-refractivity contribution in [2.24, 2.45) is 0 Å². The van der Waals surface area contributed by atoms with E-state index in [0.717, 1.165) is 25.0 Å². The van der Waals surface area contributed by atoms with Crippen LogP contribution in [0.1, 0.15) is 0 Å². The molecule has 2 aromatic carbocycles. The molecule has 0 radical (unpaired) electrons. The van der Waals surface area contributed by atoms with E-state index in [1.807, 2.05) is 53.0 Å². The number of nitrogens with zero attached hydrogens (tertiary/aromatic N) is 3. The van der Waals surface area contributed by atoms with Crippen molar-refractivity contribution in [1.29, 1.82) is 0 Å². The van der Waals surface area contributed by atoms with Gasteiger partial charge in [0.25, 0.3) is 0 Å². The second kappa shape index (κ2) is 4.48. The molecule has 0 unspecified atom stereocenters. The van der Waals surface area contributed by atoms with Crippen molar-refractivity contribution in [1.82, 2.24) is 14.8 Å². The van der Waals surface area contributed by atoms with Crippen LogP contribution in [0.25, 0.3) is 16.7 Å². The van der Waals surface area contributed by atoms with E-state index in [1.165, 1.54) is 0 Å². The number of benzene rings is 2. The summed E-state index contributed by atoms with van der Waals surface area (Å²) in [4.78, 5) is 0. The number of aromatic nitrogens is 3. The first-order valence-corrected chi connectivity index (χ1v) is 6.19. The molecule has 0 amide bonds. The van der Waals surface area contributed by atoms with Crippen LogP contribution in [0.5, 0.6) is 0 Å². The summed E-state index contributed by atoms with van der Waals surface area (Å²) >= 11 is 0. The third-order valence-corrected chi connectivity index (χ3v) is 3.47. The minimum absolute atomic E-state index is 0.981. The summed E-state index contributed by atoms with van der Waals surface area (Å²) in [5.74, 6) is 0. The molecule has 0 aliphatic heterocycles. The fraction of sp³-hybridized carbons (Fsp3) is 0. The molecule has 1 aromatic heterocycles. The average molecular weight is 239 g/mol. The third-order valence-electron chi connectivity index (χ3n) is 2.43. The van der Waals surface area contributed by atoms with Crippen molar-refractivity contribution >= 4 is 8.35 Å². The highest BCUT2D eigenvalue weighted by Crippen LogP contribution is 2.26. The van der Waals surface area contributed by atoms with Gasteiger partial charge in [-0.15, -0.1) is 5.10 Å². The zero-order valence-corrected chi connectivity index (χ0v) is 9.96. The van der Waals surface area contributed by atoms with Crippen molar-refractivity contribution in [3.05, 3.63) is 60.7 Å². The van der Waals surface area contributed by atoms with Crippen molar-refractivity contribution in [3.63, 3.8) is 0 Å². The van der Waals surface area contributed by atoms with Gasteiger partial charge in [0.2, 0.25) is 0 Å². The second-order valence-corrected chi connectivity index (χ2v) is 4.61. The Morgan fingerprint density at radius 2 is 1.47 bits per heavy atom. The summed E-state index contributed by atoms with van der Waals surface area (Å²) in [5.41, 5.74) is 3.16. The zero-order chi connectivity index (χ0) is 11.5. The highest BCUT2D eigenvalue weighted by Gasteiger charge is 2.04. The third kappa shape index (κ3) is 2.10. The number of para-hydroxylation sites is 1. The Morgan fingerprint density at radius 1 is 0.824 bits per heavy atom. The molecular weight excluding hydrogens is 229 g/mol. The molecule has 0 aliphatic carbocycles. The lowest BCUT2D eigenvalue weighted by atomic mass is 10.2. The minimum atomic E-state index is 0.981. The Kier molecular flexibility index (Phi) is 2.68. The average Bonchev–Trinajstić information content (AvgIpc) is 2.90. The minimum Gasteiger partial charge on any atom is -0.195 e. The Morgan fingerprint density at radius 3 is 2.18 bits per heavy atom. The number of rotatable bonds is 2. The van der Waals surface area contributed by atoms with Gasteiger partial charge in [0, 0.05) is 5.56 Å². The van der Waals surface area contributed by atoms with Gasteiger partial charge in [0.15, 0.2) is 0 Å². The van der Waals surface area contributed by atoms with E-state index in [4.69, 9.17) is 0 Å². The number of hydrogen-bond acceptors (Lipinski definition) is 2. The van der Waals surface area contributed by atoms with Gasteiger partial charge in [-0.2, -0.15) is 4.44 Å². The van der Waals surface area contributed by atoms with Gasteiger partial charge in [-0.1, -0.05) is 53.7 Å². The van der Waals surface area contributed by atoms with Crippen molar-refractivity contribution in [3.8, 4) is 16.7 Å². The highest BCUT2D eigenvalue weighted by atomic mass is 31.0. The van der Waals surface area contributed by atoms with Crippen LogP contribution in [0.3, 0.4) is 0 Å². The molecule has 0 atom stereocenters. The molecule has 3 nitrogen and oxygen atoms in total. The molecule has 0 aliphatic rings. The lowest BCUT2D eigenvalue weighted by Crippen LogP contribution is -1.90. The fourth-order valence-corrected chi connectivity index (χ4v) is 2.44. The van der Waals surface area contributed by atoms with Gasteiger partial charge in [-0.25, -0.2) is 0 Å². The van der Waals surface area contributed by atoms with E-state index in [0.29, 0.717) is 0 Å². The van der Waals surface area contributed by atoms with Gasteiger partial charge in [0.05, 0.1) is 14.0 Å². The van der Waals surface area contributed by atoms with Crippen LogP contribution in [-0.2, 0) is 0 Å². The second-order valence-electron chi connectivity index (χ2n) is 3.60. The zero-order valence-electron chi connectivity index (χ0n) is 9.06. The van der Waals surface area contributed by atoms with Gasteiger partial charge in [0.1, 0.15) is 5.43 Å². The van der Waals surface area contributed by atoms with Crippen LogP contribution in [0.4, 0.5) is 0 Å². The van der Waals surface area contributed by atoms with E-state index in [2.05, 4.69) is 22.4 Å². The molecule has 0 saturated heterocycles. The lowest BCUT2D eigenvalue weighted by molar-refractivity contribution is 0.845. The summed E-state index contributed by atoms with van der Waals surface area (Å²) < 4.78 is 1.88. The Hall–Kier alpha value is -1.99. The predicted octanol–water partition coefficient (Wildman–Crippen LogP) is 3.51. The quantitative estimate of drug-likeness (QED) is 0.685. The topological polar surface area (TPSA) is 30.7 Å². The van der Waals surface area contributed by atoms with Gasteiger partial charge in [-0.05, 0) is 12.1 Å². The Balaban J connectivity index is 1.99. The molecule has 0 N–H and O–H groups in total. The Labute approximate surface area is 101 Å². The first kappa shape index (κ1) is 10.2. The summed E-state index contributed by atoms with van der Waals surface area (Å²) in [5, 5.41) is 8.39. The maximum atomic E-state index is 4.22. The first-order valence-electron chi connectivity index (χ1n) is 5.34. The van der Waals surface area contributed by atoms with Crippen molar-refractivity contribution in [2.75, 3.05) is 0 Å². The first-order chi connectivity index (χ1) is 8.43. The van der Waals surface area contributed by atoms with Gasteiger partial charge < -0.3 is 0 Å². The Bertz CT molecular complexity index is 551. The summed E-state index contributed by atoms with van der Waals surface area (Å²) in [7, 11) is 0.998. The fourth-order valence-electron chi connectivity index (χ4n) is 1.59. The molecule has 3 aromatic rings. The van der Waals surface area contributed by atoms with Gasteiger partial charge in [-0.3, -0.25) is 0 Å². The molecule has 0 fully saturated rings. The molecule has 1 heterocycles. The predicted molar refractivity (Wildman–Crippen MR) is 69.3 cm³/mol. The van der Waals surface area contributed by atoms with Crippen molar-refractivity contribution in [2.45, 2.75) is 0 Å². The van der Waals surface area contributed by atoms with Crippen LogP contribution in [-0.4, -0.2) is 14.8 Å². The summed E-state index contributed by atoms with van der Waals surface area (Å²) in [6, 6.07) is 20.2. The van der Waals surface area contributed by atoms with Crippen LogP contribution in [0.2, 0.25) is 0 Å². The standard InChI is InChI=1S/C13H10N3P/c1-3-7-11(8-4-1)13-14-15-16(17-13)12-9-5-2-6-10-12/h1-10H. The van der Waals surface area contributed by atoms with Crippen LogP contribution in [0.15, 0.2) is 60.7 Å². The molecular formula is C13H10N3P. The van der Waals surface area contributed by atoms with E-state index in [9.17, 15) is 0 Å². The van der Waals surface area contributed by atoms with Crippen LogP contribution < -0.4 is 0 Å². The van der Waals surface area contributed by atoms with Gasteiger partial charge >= 0.3 is 0 Å². The summed E-state index contributed by atoms with van der Waals surface area (Å²) in [6.07, 6.45) is 0. The van der Waals surface area contributed by atoms with E-state index in [1.54, 1.807) is 0 Å².